The molecule has 9 nitrogen and oxygen atoms in total. The molecule has 0 spiro atoms. The lowest BCUT2D eigenvalue weighted by molar-refractivity contribution is -0.163. The fourth-order valence-electron chi connectivity index (χ4n) is 0.771. The third-order valence-corrected chi connectivity index (χ3v) is 1.28. The Kier molecular flexibility index (Phi) is 10.8. The van der Waals surface area contributed by atoms with Gasteiger partial charge in [-0.2, -0.15) is 0 Å². The van der Waals surface area contributed by atoms with Gasteiger partial charge in [0.25, 0.3) is 0 Å². The van der Waals surface area contributed by atoms with Gasteiger partial charge in [-0.05, 0) is 0 Å². The van der Waals surface area contributed by atoms with Crippen LogP contribution in [0.5, 0.6) is 0 Å². The number of amides is 2. The maximum Gasteiger partial charge on any atom is 0.309 e. The molecule has 0 aromatic rings. The first-order valence-electron chi connectivity index (χ1n) is 5.14. The molecule has 110 valence electrons. The molecule has 0 heterocycles. The molecule has 0 saturated heterocycles. The molecule has 0 aliphatic heterocycles. The van der Waals surface area contributed by atoms with Crippen molar-refractivity contribution in [2.75, 3.05) is 13.2 Å². The average Bonchev–Trinajstić information content (AvgIpc) is 2.20. The van der Waals surface area contributed by atoms with Gasteiger partial charge in [0.1, 0.15) is 13.2 Å². The monoisotopic (exact) mass is 278 g/mol. The summed E-state index contributed by atoms with van der Waals surface area (Å²) >= 11 is 0. The van der Waals surface area contributed by atoms with Crippen LogP contribution in [0, 0.1) is 0 Å². The number of hydrogen-bond acceptors (Lipinski definition) is 7. The van der Waals surface area contributed by atoms with Crippen LogP contribution in [0.2, 0.25) is 0 Å². The van der Waals surface area contributed by atoms with Gasteiger partial charge < -0.3 is 25.7 Å². The maximum atomic E-state index is 10.6. The number of primary amides is 2. The molecule has 19 heavy (non-hydrogen) atoms. The van der Waals surface area contributed by atoms with Crippen molar-refractivity contribution >= 4 is 23.9 Å². The smallest absolute Gasteiger partial charge is 0.309 e. The van der Waals surface area contributed by atoms with Crippen molar-refractivity contribution in [3.8, 4) is 0 Å². The predicted octanol–water partition coefficient (Wildman–Crippen LogP) is -0.932. The second kappa shape index (κ2) is 10.8. The number of esters is 3. The van der Waals surface area contributed by atoms with Gasteiger partial charge in [-0.1, -0.05) is 0 Å². The number of rotatable bonds is 5. The highest BCUT2D eigenvalue weighted by Crippen LogP contribution is 1.97. The highest BCUT2D eigenvalue weighted by atomic mass is 16.6. The number of nitrogens with two attached hydrogens (primary N) is 2. The lowest BCUT2D eigenvalue weighted by Gasteiger charge is -2.15. The van der Waals surface area contributed by atoms with Gasteiger partial charge in [-0.25, -0.2) is 4.79 Å². The number of carbonyl (C=O) groups excluding carboxylic acids is 4. The molecule has 0 aromatic heterocycles. The van der Waals surface area contributed by atoms with Crippen LogP contribution in [0.25, 0.3) is 0 Å². The van der Waals surface area contributed by atoms with Crippen molar-refractivity contribution in [1.29, 1.82) is 0 Å². The minimum Gasteiger partial charge on any atom is -0.462 e. The quantitative estimate of drug-likeness (QED) is 0.487. The van der Waals surface area contributed by atoms with Gasteiger partial charge in [0.2, 0.25) is 0 Å². The molecule has 0 saturated carbocycles. The molecule has 0 bridgehead atoms. The normalized spacial score (nSPS) is 8.84. The van der Waals surface area contributed by atoms with Crippen LogP contribution in [0.1, 0.15) is 20.8 Å². The molecule has 0 fully saturated rings. The van der Waals surface area contributed by atoms with E-state index in [1.165, 1.54) is 20.8 Å². The molecule has 0 aliphatic rings. The summed E-state index contributed by atoms with van der Waals surface area (Å²) in [6.07, 6.45) is -0.754. The molecule has 0 atom stereocenters. The van der Waals surface area contributed by atoms with E-state index in [0.29, 0.717) is 0 Å². The molecule has 0 aliphatic carbocycles. The van der Waals surface area contributed by atoms with Crippen LogP contribution >= 0.6 is 0 Å². The fourth-order valence-corrected chi connectivity index (χ4v) is 0.771. The van der Waals surface area contributed by atoms with Crippen molar-refractivity contribution in [3.05, 3.63) is 0 Å². The summed E-state index contributed by atoms with van der Waals surface area (Å²) < 4.78 is 14.0. The Morgan fingerprint density at radius 1 is 0.842 bits per heavy atom. The van der Waals surface area contributed by atoms with Crippen molar-refractivity contribution in [1.82, 2.24) is 0 Å². The molecule has 0 rings (SSSR count). The van der Waals surface area contributed by atoms with Gasteiger partial charge >= 0.3 is 23.9 Å². The molecule has 0 unspecified atom stereocenters. The molecular formula is C10H18N2O7. The van der Waals surface area contributed by atoms with E-state index in [0.717, 1.165) is 0 Å². The molecule has 9 heteroatoms. The lowest BCUT2D eigenvalue weighted by atomic mass is 10.4. The Morgan fingerprint density at radius 3 is 1.37 bits per heavy atom. The van der Waals surface area contributed by atoms with Gasteiger partial charge in [0.05, 0.1) is 0 Å². The first kappa shape index (κ1) is 19.0. The van der Waals surface area contributed by atoms with Crippen LogP contribution < -0.4 is 11.5 Å². The van der Waals surface area contributed by atoms with E-state index >= 15 is 0 Å². The summed E-state index contributed by atoms with van der Waals surface area (Å²) in [5.41, 5.74) is 8.50. The highest BCUT2D eigenvalue weighted by Gasteiger charge is 2.15. The average molecular weight is 278 g/mol. The molecule has 4 N–H and O–H groups in total. The summed E-state index contributed by atoms with van der Waals surface area (Å²) in [4.78, 5) is 40.6. The first-order chi connectivity index (χ1) is 8.65. The Balaban J connectivity index is 0. The van der Waals surface area contributed by atoms with Gasteiger partial charge in [0, 0.05) is 20.8 Å². The Hall–Kier alpha value is -2.32. The molecular weight excluding hydrogens is 260 g/mol. The fraction of sp³-hybridized carbons (Fsp3) is 0.600. The zero-order valence-electron chi connectivity index (χ0n) is 11.0. The standard InChI is InChI=1S/C9H14O6.CH4N2O/c1-6(10)13-4-9(15-8(3)12)5-14-7(2)11;2-1(3)4/h9H,4-5H2,1-3H3;(H4,2,3,4). The van der Waals surface area contributed by atoms with E-state index in [2.05, 4.69) is 20.9 Å². The Bertz CT molecular complexity index is 308. The van der Waals surface area contributed by atoms with Crippen molar-refractivity contribution in [3.63, 3.8) is 0 Å². The number of hydrogen-bond donors (Lipinski definition) is 2. The Morgan fingerprint density at radius 2 is 1.16 bits per heavy atom. The van der Waals surface area contributed by atoms with Crippen LogP contribution in [0.3, 0.4) is 0 Å². The van der Waals surface area contributed by atoms with Gasteiger partial charge in [-0.15, -0.1) is 0 Å². The van der Waals surface area contributed by atoms with Crippen LogP contribution in [0.4, 0.5) is 4.79 Å². The lowest BCUT2D eigenvalue weighted by Crippen LogP contribution is -2.29. The highest BCUT2D eigenvalue weighted by molar-refractivity contribution is 5.69. The van der Waals surface area contributed by atoms with Gasteiger partial charge in [-0.3, -0.25) is 14.4 Å². The number of carbonyl (C=O) groups is 4. The summed E-state index contributed by atoms with van der Waals surface area (Å²) in [6.45, 7) is 3.44. The molecule has 0 aromatic carbocycles. The summed E-state index contributed by atoms with van der Waals surface area (Å²) in [5, 5.41) is 0. The van der Waals surface area contributed by atoms with E-state index in [1.807, 2.05) is 0 Å². The van der Waals surface area contributed by atoms with E-state index < -0.39 is 30.0 Å². The topological polar surface area (TPSA) is 148 Å². The second-order valence-electron chi connectivity index (χ2n) is 3.24. The van der Waals surface area contributed by atoms with E-state index in [4.69, 9.17) is 9.53 Å². The van der Waals surface area contributed by atoms with Gasteiger partial charge in [0.15, 0.2) is 6.10 Å². The summed E-state index contributed by atoms with van der Waals surface area (Å²) in [6, 6.07) is -0.833. The van der Waals surface area contributed by atoms with Crippen molar-refractivity contribution in [2.24, 2.45) is 11.5 Å². The SMILES string of the molecule is CC(=O)OCC(COC(C)=O)OC(C)=O.NC(N)=O. The minimum atomic E-state index is -0.833. The Labute approximate surface area is 110 Å². The van der Waals surface area contributed by atoms with Crippen LogP contribution in [-0.2, 0) is 28.6 Å². The van der Waals surface area contributed by atoms with Crippen LogP contribution in [0.15, 0.2) is 0 Å². The van der Waals surface area contributed by atoms with Crippen molar-refractivity contribution < 1.29 is 33.4 Å². The number of ether oxygens (including phenoxy) is 3. The zero-order valence-corrected chi connectivity index (χ0v) is 11.0. The second-order valence-corrected chi connectivity index (χ2v) is 3.24. The van der Waals surface area contributed by atoms with E-state index in [9.17, 15) is 14.4 Å². The van der Waals surface area contributed by atoms with E-state index in [-0.39, 0.29) is 13.2 Å². The minimum absolute atomic E-state index is 0.123. The molecule has 2 amide bonds. The summed E-state index contributed by atoms with van der Waals surface area (Å²) in [7, 11) is 0. The van der Waals surface area contributed by atoms with Crippen LogP contribution in [-0.4, -0.2) is 43.3 Å². The number of urea groups is 1. The third-order valence-electron chi connectivity index (χ3n) is 1.28. The third kappa shape index (κ3) is 21.5. The largest absolute Gasteiger partial charge is 0.462 e. The van der Waals surface area contributed by atoms with Crippen molar-refractivity contribution in [2.45, 2.75) is 26.9 Å². The molecule has 0 radical (unpaired) electrons. The van der Waals surface area contributed by atoms with E-state index in [1.54, 1.807) is 0 Å². The zero-order chi connectivity index (χ0) is 15.4. The summed E-state index contributed by atoms with van der Waals surface area (Å²) in [5.74, 6) is -1.51. The predicted molar refractivity (Wildman–Crippen MR) is 62.6 cm³/mol. The first-order valence-corrected chi connectivity index (χ1v) is 5.14. The maximum absolute atomic E-state index is 10.6.